The lowest BCUT2D eigenvalue weighted by atomic mass is 9.88. The summed E-state index contributed by atoms with van der Waals surface area (Å²) >= 11 is 0. The molecule has 0 saturated carbocycles. The van der Waals surface area contributed by atoms with Crippen LogP contribution in [0.2, 0.25) is 0 Å². The van der Waals surface area contributed by atoms with Gasteiger partial charge in [0.25, 0.3) is 5.91 Å². The standard InChI is InChI=1S/C27H27N3O5/c1-27(21-10-6-8-17-7-4-5-9-20(17)21)25(32)30(26(33)28-27)16-24(31)29-12-11-18-13-22(34-2)23(35-3)14-19(18)15-29/h4-10,13-14H,11-12,15-16H2,1-3H3,(H,28,33)/t27-/m1/s1. The Bertz CT molecular complexity index is 1350. The molecule has 2 heterocycles. The van der Waals surface area contributed by atoms with E-state index in [9.17, 15) is 14.4 Å². The molecule has 5 rings (SSSR count). The van der Waals surface area contributed by atoms with Crippen molar-refractivity contribution in [3.05, 3.63) is 71.3 Å². The Labute approximate surface area is 203 Å². The number of rotatable bonds is 5. The van der Waals surface area contributed by atoms with Crippen molar-refractivity contribution >= 4 is 28.6 Å². The summed E-state index contributed by atoms with van der Waals surface area (Å²) in [5.74, 6) is 0.533. The van der Waals surface area contributed by atoms with Crippen molar-refractivity contribution in [2.75, 3.05) is 27.3 Å². The number of methoxy groups -OCH3 is 2. The first-order valence-corrected chi connectivity index (χ1v) is 11.5. The molecule has 0 radical (unpaired) electrons. The normalized spacial score (nSPS) is 19.5. The number of fused-ring (bicyclic) bond motifs is 2. The molecule has 1 fully saturated rings. The van der Waals surface area contributed by atoms with Gasteiger partial charge in [-0.05, 0) is 52.9 Å². The van der Waals surface area contributed by atoms with E-state index in [4.69, 9.17) is 9.47 Å². The quantitative estimate of drug-likeness (QED) is 0.575. The number of imide groups is 1. The fourth-order valence-electron chi connectivity index (χ4n) is 5.02. The second-order valence-corrected chi connectivity index (χ2v) is 9.01. The predicted molar refractivity (Wildman–Crippen MR) is 130 cm³/mol. The molecule has 1 saturated heterocycles. The van der Waals surface area contributed by atoms with Crippen molar-refractivity contribution in [1.29, 1.82) is 0 Å². The smallest absolute Gasteiger partial charge is 0.325 e. The van der Waals surface area contributed by atoms with Gasteiger partial charge in [0.1, 0.15) is 12.1 Å². The summed E-state index contributed by atoms with van der Waals surface area (Å²) in [4.78, 5) is 42.2. The SMILES string of the molecule is COc1cc2c(cc1OC)CN(C(=O)CN1C(=O)N[C@](C)(c3cccc4ccccc34)C1=O)CC2. The Kier molecular flexibility index (Phi) is 5.59. The first kappa shape index (κ1) is 22.7. The lowest BCUT2D eigenvalue weighted by Gasteiger charge is -2.30. The summed E-state index contributed by atoms with van der Waals surface area (Å²) in [6.45, 7) is 2.24. The molecule has 0 unspecified atom stereocenters. The van der Waals surface area contributed by atoms with E-state index in [1.807, 2.05) is 54.6 Å². The van der Waals surface area contributed by atoms with E-state index in [0.717, 1.165) is 26.8 Å². The summed E-state index contributed by atoms with van der Waals surface area (Å²) in [7, 11) is 3.16. The number of hydrogen-bond acceptors (Lipinski definition) is 5. The highest BCUT2D eigenvalue weighted by Gasteiger charge is 2.50. The Morgan fingerprint density at radius 3 is 2.43 bits per heavy atom. The van der Waals surface area contributed by atoms with Crippen LogP contribution in [0.4, 0.5) is 4.79 Å². The van der Waals surface area contributed by atoms with Gasteiger partial charge >= 0.3 is 6.03 Å². The van der Waals surface area contributed by atoms with Crippen LogP contribution in [-0.4, -0.2) is 55.0 Å². The first-order chi connectivity index (χ1) is 16.9. The van der Waals surface area contributed by atoms with Crippen LogP contribution in [-0.2, 0) is 28.1 Å². The average Bonchev–Trinajstić information content (AvgIpc) is 3.10. The number of urea groups is 1. The molecular weight excluding hydrogens is 446 g/mol. The van der Waals surface area contributed by atoms with Crippen LogP contribution in [0.5, 0.6) is 11.5 Å². The molecule has 180 valence electrons. The third-order valence-corrected chi connectivity index (χ3v) is 6.97. The van der Waals surface area contributed by atoms with Gasteiger partial charge in [-0.15, -0.1) is 0 Å². The number of nitrogens with one attached hydrogen (secondary N) is 1. The third-order valence-electron chi connectivity index (χ3n) is 6.97. The summed E-state index contributed by atoms with van der Waals surface area (Å²) in [5, 5.41) is 4.69. The number of carbonyl (C=O) groups is 3. The largest absolute Gasteiger partial charge is 0.493 e. The molecular formula is C27H27N3O5. The van der Waals surface area contributed by atoms with Crippen LogP contribution in [0.1, 0.15) is 23.6 Å². The minimum absolute atomic E-state index is 0.281. The Morgan fingerprint density at radius 2 is 1.69 bits per heavy atom. The molecule has 0 aliphatic carbocycles. The minimum atomic E-state index is -1.25. The second kappa shape index (κ2) is 8.61. The van der Waals surface area contributed by atoms with Crippen molar-refractivity contribution in [2.24, 2.45) is 0 Å². The second-order valence-electron chi connectivity index (χ2n) is 9.01. The summed E-state index contributed by atoms with van der Waals surface area (Å²) < 4.78 is 10.8. The van der Waals surface area contributed by atoms with E-state index in [1.165, 1.54) is 0 Å². The molecule has 4 amide bonds. The van der Waals surface area contributed by atoms with Gasteiger partial charge in [0.05, 0.1) is 14.2 Å². The van der Waals surface area contributed by atoms with Gasteiger partial charge in [-0.25, -0.2) is 4.79 Å². The van der Waals surface area contributed by atoms with Crippen molar-refractivity contribution in [1.82, 2.24) is 15.1 Å². The van der Waals surface area contributed by atoms with Gasteiger partial charge in [-0.1, -0.05) is 42.5 Å². The van der Waals surface area contributed by atoms with Crippen LogP contribution < -0.4 is 14.8 Å². The van der Waals surface area contributed by atoms with Crippen LogP contribution >= 0.6 is 0 Å². The number of carbonyl (C=O) groups excluding carboxylic acids is 3. The minimum Gasteiger partial charge on any atom is -0.493 e. The van der Waals surface area contributed by atoms with Crippen LogP contribution in [0.3, 0.4) is 0 Å². The summed E-state index contributed by atoms with van der Waals surface area (Å²) in [5.41, 5.74) is 1.50. The van der Waals surface area contributed by atoms with E-state index in [2.05, 4.69) is 5.32 Å². The Balaban J connectivity index is 1.36. The zero-order valence-corrected chi connectivity index (χ0v) is 20.0. The van der Waals surface area contributed by atoms with Crippen molar-refractivity contribution < 1.29 is 23.9 Å². The Morgan fingerprint density at radius 1 is 1.00 bits per heavy atom. The van der Waals surface area contributed by atoms with Gasteiger partial charge in [0.2, 0.25) is 5.91 Å². The zero-order chi connectivity index (χ0) is 24.7. The maximum absolute atomic E-state index is 13.5. The maximum atomic E-state index is 13.5. The molecule has 8 heteroatoms. The number of hydrogen-bond donors (Lipinski definition) is 1. The molecule has 2 aliphatic rings. The highest BCUT2D eigenvalue weighted by atomic mass is 16.5. The van der Waals surface area contributed by atoms with Gasteiger partial charge in [-0.2, -0.15) is 0 Å². The monoisotopic (exact) mass is 473 g/mol. The van der Waals surface area contributed by atoms with Gasteiger partial charge in [0.15, 0.2) is 11.5 Å². The van der Waals surface area contributed by atoms with E-state index >= 15 is 0 Å². The molecule has 3 aromatic carbocycles. The van der Waals surface area contributed by atoms with Crippen LogP contribution in [0.15, 0.2) is 54.6 Å². The molecule has 8 nitrogen and oxygen atoms in total. The van der Waals surface area contributed by atoms with E-state index in [0.29, 0.717) is 36.6 Å². The van der Waals surface area contributed by atoms with Crippen molar-refractivity contribution in [3.63, 3.8) is 0 Å². The maximum Gasteiger partial charge on any atom is 0.325 e. The number of ether oxygens (including phenoxy) is 2. The Hall–Kier alpha value is -4.07. The van der Waals surface area contributed by atoms with Gasteiger partial charge in [-0.3, -0.25) is 14.5 Å². The highest BCUT2D eigenvalue weighted by molar-refractivity contribution is 6.10. The lowest BCUT2D eigenvalue weighted by Crippen LogP contribution is -2.45. The molecule has 0 spiro atoms. The molecule has 1 N–H and O–H groups in total. The molecule has 3 aromatic rings. The van der Waals surface area contributed by atoms with Gasteiger partial charge < -0.3 is 19.7 Å². The van der Waals surface area contributed by atoms with Crippen molar-refractivity contribution in [3.8, 4) is 11.5 Å². The van der Waals surface area contributed by atoms with E-state index in [-0.39, 0.29) is 12.5 Å². The molecule has 2 aliphatic heterocycles. The summed E-state index contributed by atoms with van der Waals surface area (Å²) in [6, 6.07) is 16.6. The number of benzene rings is 3. The molecule has 35 heavy (non-hydrogen) atoms. The zero-order valence-electron chi connectivity index (χ0n) is 20.0. The van der Waals surface area contributed by atoms with Crippen molar-refractivity contribution in [2.45, 2.75) is 25.4 Å². The fourth-order valence-corrected chi connectivity index (χ4v) is 5.02. The van der Waals surface area contributed by atoms with Crippen LogP contribution in [0.25, 0.3) is 10.8 Å². The number of nitrogens with zero attached hydrogens (tertiary/aromatic N) is 2. The predicted octanol–water partition coefficient (Wildman–Crippen LogP) is 3.21. The van der Waals surface area contributed by atoms with E-state index < -0.39 is 17.5 Å². The first-order valence-electron chi connectivity index (χ1n) is 11.5. The van der Waals surface area contributed by atoms with E-state index in [1.54, 1.807) is 26.0 Å². The molecule has 0 bridgehead atoms. The average molecular weight is 474 g/mol. The fraction of sp³-hybridized carbons (Fsp3) is 0.296. The topological polar surface area (TPSA) is 88.2 Å². The molecule has 1 atom stereocenters. The lowest BCUT2D eigenvalue weighted by molar-refractivity contribution is -0.139. The number of amides is 4. The van der Waals surface area contributed by atoms with Crippen LogP contribution in [0, 0.1) is 0 Å². The third kappa shape index (κ3) is 3.75. The summed E-state index contributed by atoms with van der Waals surface area (Å²) in [6.07, 6.45) is 0.648. The van der Waals surface area contributed by atoms with Gasteiger partial charge in [0, 0.05) is 13.1 Å². The molecule has 0 aromatic heterocycles. The highest BCUT2D eigenvalue weighted by Crippen LogP contribution is 2.35.